The van der Waals surface area contributed by atoms with Gasteiger partial charge in [-0.15, -0.1) is 0 Å². The number of para-hydroxylation sites is 1. The van der Waals surface area contributed by atoms with Crippen LogP contribution in [0.1, 0.15) is 18.1 Å². The molecule has 5 nitrogen and oxygen atoms in total. The van der Waals surface area contributed by atoms with Crippen molar-refractivity contribution in [2.45, 2.75) is 6.92 Å². The Morgan fingerprint density at radius 3 is 2.51 bits per heavy atom. The van der Waals surface area contributed by atoms with Gasteiger partial charge in [0.25, 0.3) is 0 Å². The molecule has 0 saturated carbocycles. The van der Waals surface area contributed by atoms with Crippen molar-refractivity contribution in [2.24, 2.45) is 5.92 Å². The number of phenolic OH excluding ortho intramolecular Hbond substituents is 1. The zero-order valence-electron chi connectivity index (χ0n) is 20.2. The number of aromatic hydroxyl groups is 1. The first-order valence-electron chi connectivity index (χ1n) is 11.8. The van der Waals surface area contributed by atoms with E-state index in [0.717, 1.165) is 59.2 Å². The van der Waals surface area contributed by atoms with Crippen LogP contribution in [0.5, 0.6) is 23.0 Å². The largest absolute Gasteiger partial charge is 0.508 e. The van der Waals surface area contributed by atoms with E-state index in [2.05, 4.69) is 11.8 Å². The van der Waals surface area contributed by atoms with Crippen molar-refractivity contribution in [3.63, 3.8) is 0 Å². The van der Waals surface area contributed by atoms with E-state index in [9.17, 15) is 9.50 Å². The van der Waals surface area contributed by atoms with Crippen molar-refractivity contribution in [1.82, 2.24) is 4.90 Å². The van der Waals surface area contributed by atoms with E-state index in [4.69, 9.17) is 14.2 Å². The van der Waals surface area contributed by atoms with Crippen molar-refractivity contribution >= 4 is 11.1 Å². The fourth-order valence-corrected chi connectivity index (χ4v) is 4.23. The molecular formula is C29H32FNO4. The number of alkyl halides is 1. The maximum Gasteiger partial charge on any atom is 0.127 e. The van der Waals surface area contributed by atoms with Gasteiger partial charge >= 0.3 is 0 Å². The average Bonchev–Trinajstić information content (AvgIpc) is 2.87. The second kappa shape index (κ2) is 11.8. The molecule has 5 rings (SSSR count). The Morgan fingerprint density at radius 1 is 1.00 bits per heavy atom. The number of methoxy groups -OCH3 is 1. The lowest BCUT2D eigenvalue weighted by atomic mass is 9.93. The van der Waals surface area contributed by atoms with Gasteiger partial charge in [0, 0.05) is 36.7 Å². The lowest BCUT2D eigenvalue weighted by Crippen LogP contribution is -2.49. The quantitative estimate of drug-likeness (QED) is 0.474. The van der Waals surface area contributed by atoms with Crippen molar-refractivity contribution < 1.29 is 23.7 Å². The second-order valence-electron chi connectivity index (χ2n) is 8.75. The lowest BCUT2D eigenvalue weighted by molar-refractivity contribution is 0.0668. The first-order valence-corrected chi connectivity index (χ1v) is 11.8. The number of phenols is 1. The summed E-state index contributed by atoms with van der Waals surface area (Å²) in [5.74, 6) is 3.05. The van der Waals surface area contributed by atoms with Crippen LogP contribution in [0.15, 0.2) is 72.8 Å². The number of benzene rings is 3. The topological polar surface area (TPSA) is 51.2 Å². The summed E-state index contributed by atoms with van der Waals surface area (Å²) in [5, 5.41) is 9.65. The summed E-state index contributed by atoms with van der Waals surface area (Å²) in [6.45, 7) is 5.74. The van der Waals surface area contributed by atoms with Crippen LogP contribution in [-0.2, 0) is 0 Å². The molecule has 35 heavy (non-hydrogen) atoms. The highest BCUT2D eigenvalue weighted by Gasteiger charge is 2.25. The zero-order valence-corrected chi connectivity index (χ0v) is 20.2. The molecule has 1 saturated heterocycles. The van der Waals surface area contributed by atoms with E-state index in [1.165, 1.54) is 0 Å². The molecule has 2 aliphatic rings. The molecule has 3 aromatic carbocycles. The standard InChI is InChI=1S/C17H16O3.C12H16FNO/c1-11-15-9-13(18)6-7-17(15)20-10-16(11)12-4-3-5-14(8-12)19-2;13-8-11-9-14(10-11)6-7-15-12-4-2-1-3-5-12/h3-9,18H,10H2,1-2H3;1-5,11H,6-10H2. The Balaban J connectivity index is 0.000000172. The molecule has 0 aromatic heterocycles. The molecular weight excluding hydrogens is 445 g/mol. The van der Waals surface area contributed by atoms with Crippen molar-refractivity contribution in [1.29, 1.82) is 0 Å². The van der Waals surface area contributed by atoms with Crippen LogP contribution in [0.3, 0.4) is 0 Å². The molecule has 1 fully saturated rings. The molecule has 6 heteroatoms. The average molecular weight is 478 g/mol. The van der Waals surface area contributed by atoms with E-state index in [1.807, 2.05) is 54.6 Å². The predicted molar refractivity (Wildman–Crippen MR) is 137 cm³/mol. The second-order valence-corrected chi connectivity index (χ2v) is 8.75. The van der Waals surface area contributed by atoms with Crippen molar-refractivity contribution in [3.8, 4) is 23.0 Å². The van der Waals surface area contributed by atoms with Gasteiger partial charge in [0.15, 0.2) is 0 Å². The third-order valence-electron chi connectivity index (χ3n) is 6.28. The lowest BCUT2D eigenvalue weighted by Gasteiger charge is -2.37. The summed E-state index contributed by atoms with van der Waals surface area (Å²) in [6, 6.07) is 22.9. The fourth-order valence-electron chi connectivity index (χ4n) is 4.23. The van der Waals surface area contributed by atoms with E-state index < -0.39 is 0 Å². The molecule has 0 radical (unpaired) electrons. The molecule has 0 unspecified atom stereocenters. The SMILES string of the molecule is COc1cccc(C2=C(C)c3cc(O)ccc3OC2)c1.FCC1CN(CCOc2ccccc2)C1. The van der Waals surface area contributed by atoms with E-state index >= 15 is 0 Å². The van der Waals surface area contributed by atoms with E-state index in [0.29, 0.717) is 13.2 Å². The molecule has 2 heterocycles. The van der Waals surface area contributed by atoms with Crippen LogP contribution in [0.2, 0.25) is 0 Å². The number of halogens is 1. The van der Waals surface area contributed by atoms with Crippen LogP contribution in [0, 0.1) is 5.92 Å². The summed E-state index contributed by atoms with van der Waals surface area (Å²) < 4.78 is 28.7. The van der Waals surface area contributed by atoms with Crippen LogP contribution in [0.4, 0.5) is 4.39 Å². The monoisotopic (exact) mass is 477 g/mol. The number of fused-ring (bicyclic) bond motifs is 1. The molecule has 2 aliphatic heterocycles. The van der Waals surface area contributed by atoms with Crippen molar-refractivity contribution in [3.05, 3.63) is 83.9 Å². The first kappa shape index (κ1) is 24.6. The molecule has 184 valence electrons. The normalized spacial score (nSPS) is 15.3. The van der Waals surface area contributed by atoms with E-state index in [-0.39, 0.29) is 18.3 Å². The maximum absolute atomic E-state index is 12.1. The smallest absolute Gasteiger partial charge is 0.127 e. The van der Waals surface area contributed by atoms with Gasteiger partial charge in [0.1, 0.15) is 36.2 Å². The van der Waals surface area contributed by atoms with Crippen molar-refractivity contribution in [2.75, 3.05) is 46.6 Å². The Hall–Kier alpha value is -3.51. The Morgan fingerprint density at radius 2 is 1.77 bits per heavy atom. The minimum atomic E-state index is -0.184. The molecule has 0 aliphatic carbocycles. The third kappa shape index (κ3) is 6.34. The summed E-state index contributed by atoms with van der Waals surface area (Å²) in [4.78, 5) is 2.22. The summed E-state index contributed by atoms with van der Waals surface area (Å²) in [6.07, 6.45) is 0. The number of likely N-dealkylation sites (tertiary alicyclic amines) is 1. The van der Waals surface area contributed by atoms with Crippen LogP contribution in [-0.4, -0.2) is 56.6 Å². The number of hydrogen-bond acceptors (Lipinski definition) is 5. The van der Waals surface area contributed by atoms with Gasteiger partial charge in [0.05, 0.1) is 13.8 Å². The van der Waals surface area contributed by atoms with Gasteiger partial charge in [-0.05, 0) is 60.5 Å². The molecule has 1 N–H and O–H groups in total. The van der Waals surface area contributed by atoms with Gasteiger partial charge < -0.3 is 19.3 Å². The Labute approximate surface area is 206 Å². The number of nitrogens with zero attached hydrogens (tertiary/aromatic N) is 1. The number of rotatable bonds is 7. The van der Waals surface area contributed by atoms with Crippen LogP contribution >= 0.6 is 0 Å². The highest BCUT2D eigenvalue weighted by molar-refractivity contribution is 5.94. The highest BCUT2D eigenvalue weighted by Crippen LogP contribution is 2.38. The van der Waals surface area contributed by atoms with Gasteiger partial charge in [-0.25, -0.2) is 0 Å². The fraction of sp³-hybridized carbons (Fsp3) is 0.310. The van der Waals surface area contributed by atoms with Gasteiger partial charge in [0.2, 0.25) is 0 Å². The van der Waals surface area contributed by atoms with E-state index in [1.54, 1.807) is 25.3 Å². The minimum absolute atomic E-state index is 0.184. The number of ether oxygens (including phenoxy) is 3. The Kier molecular flexibility index (Phi) is 8.27. The molecule has 0 atom stereocenters. The van der Waals surface area contributed by atoms with Crippen LogP contribution in [0.25, 0.3) is 11.1 Å². The molecule has 0 amide bonds. The summed E-state index contributed by atoms with van der Waals surface area (Å²) >= 11 is 0. The molecule has 0 spiro atoms. The molecule has 0 bridgehead atoms. The number of hydrogen-bond donors (Lipinski definition) is 1. The molecule has 3 aromatic rings. The first-order chi connectivity index (χ1) is 17.1. The zero-order chi connectivity index (χ0) is 24.6. The van der Waals surface area contributed by atoms with Crippen LogP contribution < -0.4 is 14.2 Å². The predicted octanol–water partition coefficient (Wildman–Crippen LogP) is 5.69. The minimum Gasteiger partial charge on any atom is -0.508 e. The highest BCUT2D eigenvalue weighted by atomic mass is 19.1. The summed E-state index contributed by atoms with van der Waals surface area (Å²) in [7, 11) is 1.66. The van der Waals surface area contributed by atoms with Gasteiger partial charge in [-0.3, -0.25) is 9.29 Å². The van der Waals surface area contributed by atoms with Gasteiger partial charge in [-0.1, -0.05) is 30.3 Å². The Bertz CT molecular complexity index is 1140. The van der Waals surface area contributed by atoms with Gasteiger partial charge in [-0.2, -0.15) is 0 Å². The summed E-state index contributed by atoms with van der Waals surface area (Å²) in [5.41, 5.74) is 4.25. The maximum atomic E-state index is 12.1. The third-order valence-corrected chi connectivity index (χ3v) is 6.28. The number of allylic oxidation sites excluding steroid dienone is 1.